The number of halogens is 1. The van der Waals surface area contributed by atoms with Crippen LogP contribution in [-0.4, -0.2) is 22.8 Å². The lowest BCUT2D eigenvalue weighted by Gasteiger charge is -2.22. The summed E-state index contributed by atoms with van der Waals surface area (Å²) in [5.41, 5.74) is 0.971. The minimum atomic E-state index is -0.674. The minimum absolute atomic E-state index is 0.0803. The lowest BCUT2D eigenvalue weighted by Crippen LogP contribution is -2.47. The monoisotopic (exact) mass is 331 g/mol. The Morgan fingerprint density at radius 3 is 2.35 bits per heavy atom. The topological polar surface area (TPSA) is 71.1 Å². The summed E-state index contributed by atoms with van der Waals surface area (Å²) in [6.07, 6.45) is 3.17. The third-order valence-corrected chi connectivity index (χ3v) is 3.63. The fourth-order valence-electron chi connectivity index (χ4n) is 2.05. The number of hydrogen-bond donors (Lipinski definition) is 2. The molecule has 2 aromatic rings. The number of carbonyl (C=O) groups is 2. The Labute approximate surface area is 140 Å². The van der Waals surface area contributed by atoms with E-state index in [0.717, 1.165) is 0 Å². The van der Waals surface area contributed by atoms with Gasteiger partial charge in [0.2, 0.25) is 5.91 Å². The molecule has 2 rings (SSSR count). The van der Waals surface area contributed by atoms with Crippen LogP contribution in [0.2, 0.25) is 5.02 Å². The van der Waals surface area contributed by atoms with Crippen molar-refractivity contribution in [1.82, 2.24) is 10.3 Å². The maximum atomic E-state index is 12.4. The van der Waals surface area contributed by atoms with Crippen LogP contribution < -0.4 is 10.6 Å². The quantitative estimate of drug-likeness (QED) is 0.884. The zero-order valence-electron chi connectivity index (χ0n) is 12.9. The Hall–Kier alpha value is -2.40. The maximum absolute atomic E-state index is 12.4. The molecule has 1 aromatic carbocycles. The molecule has 6 heteroatoms. The summed E-state index contributed by atoms with van der Waals surface area (Å²) < 4.78 is 0. The fourth-order valence-corrected chi connectivity index (χ4v) is 2.28. The highest BCUT2D eigenvalue weighted by Gasteiger charge is 2.25. The first kappa shape index (κ1) is 17.0. The van der Waals surface area contributed by atoms with Crippen LogP contribution in [0.5, 0.6) is 0 Å². The Bertz CT molecular complexity index is 689. The normalized spacial score (nSPS) is 11.8. The van der Waals surface area contributed by atoms with E-state index in [-0.39, 0.29) is 17.7 Å². The van der Waals surface area contributed by atoms with E-state index in [0.29, 0.717) is 16.3 Å². The Morgan fingerprint density at radius 1 is 1.09 bits per heavy atom. The molecule has 0 aliphatic rings. The van der Waals surface area contributed by atoms with Crippen molar-refractivity contribution >= 4 is 29.1 Å². The van der Waals surface area contributed by atoms with E-state index in [4.69, 9.17) is 11.6 Å². The highest BCUT2D eigenvalue weighted by molar-refractivity contribution is 6.33. The summed E-state index contributed by atoms with van der Waals surface area (Å²) in [5, 5.41) is 5.86. The van der Waals surface area contributed by atoms with Crippen molar-refractivity contribution in [3.05, 3.63) is 59.4 Å². The number of nitrogens with one attached hydrogen (secondary N) is 2. The van der Waals surface area contributed by atoms with Crippen molar-refractivity contribution in [1.29, 1.82) is 0 Å². The number of amides is 2. The number of pyridine rings is 1. The van der Waals surface area contributed by atoms with Gasteiger partial charge in [0, 0.05) is 18.1 Å². The minimum Gasteiger partial charge on any atom is -0.340 e. The summed E-state index contributed by atoms with van der Waals surface area (Å²) in [6, 6.07) is 9.42. The number of carbonyl (C=O) groups excluding carboxylic acids is 2. The van der Waals surface area contributed by atoms with Crippen molar-refractivity contribution in [3.8, 4) is 0 Å². The molecule has 1 heterocycles. The summed E-state index contributed by atoms with van der Waals surface area (Å²) in [7, 11) is 0. The smallest absolute Gasteiger partial charge is 0.253 e. The van der Waals surface area contributed by atoms with Crippen LogP contribution >= 0.6 is 11.6 Å². The van der Waals surface area contributed by atoms with Crippen LogP contribution in [-0.2, 0) is 4.79 Å². The number of anilines is 1. The summed E-state index contributed by atoms with van der Waals surface area (Å²) in [4.78, 5) is 28.7. The average Bonchev–Trinajstić information content (AvgIpc) is 2.53. The van der Waals surface area contributed by atoms with Gasteiger partial charge in [0.05, 0.1) is 10.6 Å². The molecule has 0 saturated carbocycles. The summed E-state index contributed by atoms with van der Waals surface area (Å²) in [5.74, 6) is -0.742. The van der Waals surface area contributed by atoms with Gasteiger partial charge in [-0.05, 0) is 30.2 Å². The van der Waals surface area contributed by atoms with E-state index >= 15 is 0 Å². The molecular formula is C17H18ClN3O2. The molecule has 2 amide bonds. The molecule has 0 aliphatic heterocycles. The third-order valence-electron chi connectivity index (χ3n) is 3.30. The summed E-state index contributed by atoms with van der Waals surface area (Å²) >= 11 is 6.02. The van der Waals surface area contributed by atoms with Crippen LogP contribution in [0.1, 0.15) is 24.2 Å². The second-order valence-corrected chi connectivity index (χ2v) is 5.81. The van der Waals surface area contributed by atoms with Gasteiger partial charge < -0.3 is 10.6 Å². The average molecular weight is 332 g/mol. The molecule has 1 aromatic heterocycles. The van der Waals surface area contributed by atoms with E-state index in [1.54, 1.807) is 48.8 Å². The van der Waals surface area contributed by atoms with Gasteiger partial charge in [-0.2, -0.15) is 0 Å². The van der Waals surface area contributed by atoms with Gasteiger partial charge in [0.1, 0.15) is 6.04 Å². The largest absolute Gasteiger partial charge is 0.340 e. The molecular weight excluding hydrogens is 314 g/mol. The van der Waals surface area contributed by atoms with Gasteiger partial charge in [0.15, 0.2) is 0 Å². The lowest BCUT2D eigenvalue weighted by molar-refractivity contribution is -0.118. The molecule has 0 aliphatic carbocycles. The van der Waals surface area contributed by atoms with Crippen LogP contribution in [0.3, 0.4) is 0 Å². The lowest BCUT2D eigenvalue weighted by atomic mass is 10.0. The van der Waals surface area contributed by atoms with Crippen LogP contribution in [0, 0.1) is 5.92 Å². The first-order valence-electron chi connectivity index (χ1n) is 7.25. The number of rotatable bonds is 5. The molecule has 0 spiro atoms. The molecule has 0 fully saturated rings. The number of benzene rings is 1. The highest BCUT2D eigenvalue weighted by Crippen LogP contribution is 2.16. The molecule has 2 N–H and O–H groups in total. The van der Waals surface area contributed by atoms with Crippen LogP contribution in [0.15, 0.2) is 48.8 Å². The predicted octanol–water partition coefficient (Wildman–Crippen LogP) is 3.13. The van der Waals surface area contributed by atoms with E-state index in [9.17, 15) is 9.59 Å². The Kier molecular flexibility index (Phi) is 5.71. The van der Waals surface area contributed by atoms with Gasteiger partial charge >= 0.3 is 0 Å². The summed E-state index contributed by atoms with van der Waals surface area (Å²) in [6.45, 7) is 3.73. The number of hydrogen-bond acceptors (Lipinski definition) is 3. The van der Waals surface area contributed by atoms with E-state index in [1.165, 1.54) is 0 Å². The number of aromatic nitrogens is 1. The van der Waals surface area contributed by atoms with Crippen molar-refractivity contribution < 1.29 is 9.59 Å². The first-order valence-corrected chi connectivity index (χ1v) is 7.63. The van der Waals surface area contributed by atoms with Gasteiger partial charge in [0.25, 0.3) is 5.91 Å². The second-order valence-electron chi connectivity index (χ2n) is 5.40. The second kappa shape index (κ2) is 7.74. The van der Waals surface area contributed by atoms with E-state index in [1.807, 2.05) is 13.8 Å². The molecule has 0 radical (unpaired) electrons. The van der Waals surface area contributed by atoms with Crippen molar-refractivity contribution in [2.45, 2.75) is 19.9 Å². The Morgan fingerprint density at radius 2 is 1.74 bits per heavy atom. The molecule has 1 atom stereocenters. The molecule has 1 unspecified atom stereocenters. The van der Waals surface area contributed by atoms with Crippen molar-refractivity contribution in [2.75, 3.05) is 5.32 Å². The van der Waals surface area contributed by atoms with Crippen LogP contribution in [0.25, 0.3) is 0 Å². The zero-order chi connectivity index (χ0) is 16.8. The van der Waals surface area contributed by atoms with Gasteiger partial charge in [-0.1, -0.05) is 37.6 Å². The van der Waals surface area contributed by atoms with Crippen LogP contribution in [0.4, 0.5) is 5.69 Å². The van der Waals surface area contributed by atoms with E-state index < -0.39 is 6.04 Å². The molecule has 23 heavy (non-hydrogen) atoms. The molecule has 120 valence electrons. The molecule has 0 saturated heterocycles. The molecule has 0 bridgehead atoms. The van der Waals surface area contributed by atoms with Crippen molar-refractivity contribution in [3.63, 3.8) is 0 Å². The van der Waals surface area contributed by atoms with Gasteiger partial charge in [-0.15, -0.1) is 0 Å². The fraction of sp³-hybridized carbons (Fsp3) is 0.235. The maximum Gasteiger partial charge on any atom is 0.253 e. The zero-order valence-corrected chi connectivity index (χ0v) is 13.7. The highest BCUT2D eigenvalue weighted by atomic mass is 35.5. The standard InChI is InChI=1S/C17H18ClN3O2/c1-11(2)15(17(23)20-12-7-9-19-10-8-12)21-16(22)13-5-3-4-6-14(13)18/h3-11,15H,1-2H3,(H,21,22)(H,19,20,23). The third kappa shape index (κ3) is 4.53. The predicted molar refractivity (Wildman–Crippen MR) is 90.4 cm³/mol. The van der Waals surface area contributed by atoms with Gasteiger partial charge in [-0.3, -0.25) is 14.6 Å². The molecule has 5 nitrogen and oxygen atoms in total. The Balaban J connectivity index is 2.11. The van der Waals surface area contributed by atoms with Gasteiger partial charge in [-0.25, -0.2) is 0 Å². The first-order chi connectivity index (χ1) is 11.0. The van der Waals surface area contributed by atoms with E-state index in [2.05, 4.69) is 15.6 Å². The van der Waals surface area contributed by atoms with Crippen molar-refractivity contribution in [2.24, 2.45) is 5.92 Å². The number of nitrogens with zero attached hydrogens (tertiary/aromatic N) is 1. The SMILES string of the molecule is CC(C)C(NC(=O)c1ccccc1Cl)C(=O)Nc1ccncc1.